The summed E-state index contributed by atoms with van der Waals surface area (Å²) in [5, 5.41) is 0. The van der Waals surface area contributed by atoms with Gasteiger partial charge in [0.05, 0.1) is 6.16 Å². The van der Waals surface area contributed by atoms with Crippen LogP contribution in [0.4, 0.5) is 0 Å². The monoisotopic (exact) mass is 412 g/mol. The standard InChI is InChI=1S/C26H37O2P/c1-17-11-12-22-18(13-17)16-29(27-22)28-23-20(25(5,6)7)14-19(24(2,3)4)15-21(23)26(8,9)10/h11-15H,16H2,1-10H3. The minimum absolute atomic E-state index is 0.0188. The lowest BCUT2D eigenvalue weighted by atomic mass is 9.75. The molecule has 0 aromatic heterocycles. The van der Waals surface area contributed by atoms with Crippen LogP contribution in [0.2, 0.25) is 0 Å². The van der Waals surface area contributed by atoms with Crippen LogP contribution in [0.25, 0.3) is 0 Å². The molecule has 3 heteroatoms. The van der Waals surface area contributed by atoms with Crippen LogP contribution >= 0.6 is 8.38 Å². The summed E-state index contributed by atoms with van der Waals surface area (Å²) in [5.41, 5.74) is 6.48. The van der Waals surface area contributed by atoms with E-state index in [9.17, 15) is 0 Å². The second kappa shape index (κ2) is 7.31. The second-order valence-corrected chi connectivity index (χ2v) is 12.8. The minimum atomic E-state index is -1.03. The number of hydrogen-bond donors (Lipinski definition) is 0. The fourth-order valence-electron chi connectivity index (χ4n) is 3.63. The predicted octanol–water partition coefficient (Wildman–Crippen LogP) is 8.17. The van der Waals surface area contributed by atoms with Gasteiger partial charge in [0.15, 0.2) is 0 Å². The van der Waals surface area contributed by atoms with Crippen LogP contribution < -0.4 is 9.05 Å². The molecule has 1 unspecified atom stereocenters. The summed E-state index contributed by atoms with van der Waals surface area (Å²) >= 11 is 0. The zero-order valence-electron chi connectivity index (χ0n) is 19.9. The molecule has 1 heterocycles. The Morgan fingerprint density at radius 2 is 1.34 bits per heavy atom. The van der Waals surface area contributed by atoms with Crippen LogP contribution in [0.3, 0.4) is 0 Å². The number of benzene rings is 2. The first kappa shape index (κ1) is 22.2. The number of aryl methyl sites for hydroxylation is 1. The van der Waals surface area contributed by atoms with Crippen LogP contribution in [0, 0.1) is 6.92 Å². The van der Waals surface area contributed by atoms with E-state index in [0.717, 1.165) is 17.7 Å². The van der Waals surface area contributed by atoms with Crippen molar-refractivity contribution in [1.82, 2.24) is 0 Å². The largest absolute Gasteiger partial charge is 0.438 e. The van der Waals surface area contributed by atoms with Crippen molar-refractivity contribution in [3.8, 4) is 11.5 Å². The molecule has 1 aliphatic heterocycles. The van der Waals surface area contributed by atoms with Crippen LogP contribution in [0.15, 0.2) is 30.3 Å². The Labute approximate surface area is 178 Å². The van der Waals surface area contributed by atoms with Crippen LogP contribution in [-0.2, 0) is 22.4 Å². The van der Waals surface area contributed by atoms with Gasteiger partial charge in [0.1, 0.15) is 11.5 Å². The van der Waals surface area contributed by atoms with Gasteiger partial charge in [0, 0.05) is 16.7 Å². The molecule has 0 saturated heterocycles. The molecule has 1 aliphatic rings. The van der Waals surface area contributed by atoms with Crippen LogP contribution in [0.5, 0.6) is 11.5 Å². The molecule has 0 saturated carbocycles. The third-order valence-corrected chi connectivity index (χ3v) is 6.87. The molecular formula is C26H37O2P. The van der Waals surface area contributed by atoms with Gasteiger partial charge in [-0.15, -0.1) is 0 Å². The van der Waals surface area contributed by atoms with Gasteiger partial charge in [-0.1, -0.05) is 92.1 Å². The maximum Gasteiger partial charge on any atom is 0.295 e. The molecule has 29 heavy (non-hydrogen) atoms. The van der Waals surface area contributed by atoms with E-state index in [-0.39, 0.29) is 16.2 Å². The van der Waals surface area contributed by atoms with Gasteiger partial charge < -0.3 is 9.05 Å². The Kier molecular flexibility index (Phi) is 5.59. The zero-order valence-corrected chi connectivity index (χ0v) is 20.8. The molecule has 0 spiro atoms. The second-order valence-electron chi connectivity index (χ2n) is 11.4. The van der Waals surface area contributed by atoms with Gasteiger partial charge in [-0.25, -0.2) is 0 Å². The van der Waals surface area contributed by atoms with E-state index >= 15 is 0 Å². The topological polar surface area (TPSA) is 18.5 Å². The van der Waals surface area contributed by atoms with Crippen molar-refractivity contribution in [2.75, 3.05) is 0 Å². The van der Waals surface area contributed by atoms with E-state index in [1.54, 1.807) is 0 Å². The van der Waals surface area contributed by atoms with Gasteiger partial charge >= 0.3 is 0 Å². The van der Waals surface area contributed by atoms with Gasteiger partial charge in [0.2, 0.25) is 0 Å². The van der Waals surface area contributed by atoms with Crippen LogP contribution in [0.1, 0.15) is 90.1 Å². The fourth-order valence-corrected chi connectivity index (χ4v) is 5.12. The summed E-state index contributed by atoms with van der Waals surface area (Å²) < 4.78 is 13.0. The number of rotatable bonds is 2. The highest BCUT2D eigenvalue weighted by molar-refractivity contribution is 7.47. The summed E-state index contributed by atoms with van der Waals surface area (Å²) in [4.78, 5) is 0. The fraction of sp³-hybridized carbons (Fsp3) is 0.538. The molecule has 0 bridgehead atoms. The van der Waals surface area contributed by atoms with Crippen molar-refractivity contribution in [2.45, 2.75) is 91.6 Å². The average molecular weight is 413 g/mol. The highest BCUT2D eigenvalue weighted by Crippen LogP contribution is 2.55. The van der Waals surface area contributed by atoms with Crippen molar-refractivity contribution < 1.29 is 9.05 Å². The molecule has 0 radical (unpaired) electrons. The summed E-state index contributed by atoms with van der Waals surface area (Å²) in [6.45, 7) is 22.6. The molecule has 158 valence electrons. The molecule has 2 aromatic carbocycles. The van der Waals surface area contributed by atoms with E-state index < -0.39 is 8.38 Å². The molecule has 2 aromatic rings. The Hall–Kier alpha value is -1.53. The maximum atomic E-state index is 6.72. The minimum Gasteiger partial charge on any atom is -0.438 e. The van der Waals surface area contributed by atoms with Crippen molar-refractivity contribution in [1.29, 1.82) is 0 Å². The highest BCUT2D eigenvalue weighted by atomic mass is 31.2. The van der Waals surface area contributed by atoms with Gasteiger partial charge in [-0.3, -0.25) is 0 Å². The zero-order chi connectivity index (χ0) is 21.8. The molecule has 1 atom stereocenters. The molecule has 0 fully saturated rings. The first-order valence-electron chi connectivity index (χ1n) is 10.6. The maximum absolute atomic E-state index is 6.72. The summed E-state index contributed by atoms with van der Waals surface area (Å²) in [5.74, 6) is 2.00. The normalized spacial score (nSPS) is 17.1. The Balaban J connectivity index is 2.09. The van der Waals surface area contributed by atoms with E-state index in [0.29, 0.717) is 0 Å². The highest BCUT2D eigenvalue weighted by Gasteiger charge is 2.34. The molecule has 0 aliphatic carbocycles. The quantitative estimate of drug-likeness (QED) is 0.463. The number of hydrogen-bond acceptors (Lipinski definition) is 2. The molecule has 0 N–H and O–H groups in total. The lowest BCUT2D eigenvalue weighted by Crippen LogP contribution is -2.22. The van der Waals surface area contributed by atoms with E-state index in [1.165, 1.54) is 27.8 Å². The smallest absolute Gasteiger partial charge is 0.295 e. The Bertz CT molecular complexity index is 873. The molecule has 3 rings (SSSR count). The van der Waals surface area contributed by atoms with Crippen molar-refractivity contribution in [3.63, 3.8) is 0 Å². The van der Waals surface area contributed by atoms with Crippen molar-refractivity contribution in [3.05, 3.63) is 58.1 Å². The molecule has 0 amide bonds. The summed E-state index contributed by atoms with van der Waals surface area (Å²) in [6, 6.07) is 11.1. The van der Waals surface area contributed by atoms with Gasteiger partial charge in [-0.05, 0) is 34.8 Å². The lowest BCUT2D eigenvalue weighted by Gasteiger charge is -2.33. The lowest BCUT2D eigenvalue weighted by molar-refractivity contribution is 0.459. The first-order chi connectivity index (χ1) is 13.2. The SMILES string of the molecule is Cc1ccc2c(c1)CP(Oc1c(C(C)(C)C)cc(C(C)(C)C)cc1C(C)(C)C)O2. The van der Waals surface area contributed by atoms with E-state index in [1.807, 2.05) is 0 Å². The van der Waals surface area contributed by atoms with E-state index in [4.69, 9.17) is 9.05 Å². The summed E-state index contributed by atoms with van der Waals surface area (Å²) in [6.07, 6.45) is 0.848. The van der Waals surface area contributed by atoms with E-state index in [2.05, 4.69) is 99.6 Å². The Morgan fingerprint density at radius 3 is 1.83 bits per heavy atom. The van der Waals surface area contributed by atoms with Crippen molar-refractivity contribution in [2.24, 2.45) is 0 Å². The molecule has 2 nitrogen and oxygen atoms in total. The predicted molar refractivity (Wildman–Crippen MR) is 126 cm³/mol. The van der Waals surface area contributed by atoms with Crippen LogP contribution in [-0.4, -0.2) is 0 Å². The van der Waals surface area contributed by atoms with Crippen molar-refractivity contribution >= 4 is 8.38 Å². The third-order valence-electron chi connectivity index (χ3n) is 5.48. The number of fused-ring (bicyclic) bond motifs is 1. The average Bonchev–Trinajstić information content (AvgIpc) is 2.93. The third kappa shape index (κ3) is 4.80. The van der Waals surface area contributed by atoms with Gasteiger partial charge in [0.25, 0.3) is 8.38 Å². The van der Waals surface area contributed by atoms with Gasteiger partial charge in [-0.2, -0.15) is 0 Å². The summed E-state index contributed by atoms with van der Waals surface area (Å²) in [7, 11) is -1.03. The first-order valence-corrected chi connectivity index (χ1v) is 11.9. The Morgan fingerprint density at radius 1 is 0.793 bits per heavy atom. The molecular weight excluding hydrogens is 375 g/mol.